The van der Waals surface area contributed by atoms with Gasteiger partial charge in [-0.25, -0.2) is 9.97 Å². The number of ether oxygens (including phenoxy) is 2. The van der Waals surface area contributed by atoms with Gasteiger partial charge in [0.25, 0.3) is 0 Å². The molecule has 112 valence electrons. The summed E-state index contributed by atoms with van der Waals surface area (Å²) in [5.41, 5.74) is 2.82. The Morgan fingerprint density at radius 2 is 1.81 bits per heavy atom. The maximum atomic E-state index is 6.22. The fourth-order valence-corrected chi connectivity index (χ4v) is 2.12. The monoisotopic (exact) mass is 306 g/mol. The molecule has 21 heavy (non-hydrogen) atoms. The molecule has 1 aromatic heterocycles. The second-order valence-corrected chi connectivity index (χ2v) is 4.98. The van der Waals surface area contributed by atoms with Crippen molar-refractivity contribution in [3.05, 3.63) is 46.9 Å². The highest BCUT2D eigenvalue weighted by Gasteiger charge is 2.11. The minimum absolute atomic E-state index is 0.496. The molecule has 0 spiro atoms. The van der Waals surface area contributed by atoms with Crippen LogP contribution in [0.25, 0.3) is 11.3 Å². The quantitative estimate of drug-likeness (QED) is 0.581. The smallest absolute Gasteiger partial charge is 0.136 e. The van der Waals surface area contributed by atoms with Gasteiger partial charge >= 0.3 is 0 Å². The molecule has 0 unspecified atom stereocenters. The zero-order valence-electron chi connectivity index (χ0n) is 12.3. The standard InChI is InChI=1S/C16H19ClN2O2/c1-12-15(13-6-4-3-5-7-13)18-14(19-16(12)17)8-9-21-11-10-20-2/h3-7H,8-11H2,1-2H3. The molecule has 0 aliphatic heterocycles. The van der Waals surface area contributed by atoms with Crippen LogP contribution in [0.4, 0.5) is 0 Å². The van der Waals surface area contributed by atoms with Crippen molar-refractivity contribution in [2.75, 3.05) is 26.9 Å². The summed E-state index contributed by atoms with van der Waals surface area (Å²) in [6.07, 6.45) is 0.629. The number of aromatic nitrogens is 2. The Morgan fingerprint density at radius 3 is 2.52 bits per heavy atom. The first-order valence-electron chi connectivity index (χ1n) is 6.87. The zero-order valence-corrected chi connectivity index (χ0v) is 13.1. The maximum absolute atomic E-state index is 6.22. The van der Waals surface area contributed by atoms with Gasteiger partial charge in [-0.3, -0.25) is 0 Å². The van der Waals surface area contributed by atoms with Crippen LogP contribution in [0.5, 0.6) is 0 Å². The summed E-state index contributed by atoms with van der Waals surface area (Å²) >= 11 is 6.22. The van der Waals surface area contributed by atoms with Gasteiger partial charge in [-0.15, -0.1) is 0 Å². The lowest BCUT2D eigenvalue weighted by Gasteiger charge is -2.10. The van der Waals surface area contributed by atoms with Crippen LogP contribution < -0.4 is 0 Å². The molecule has 0 bridgehead atoms. The first-order chi connectivity index (χ1) is 10.2. The molecule has 0 aliphatic carbocycles. The van der Waals surface area contributed by atoms with E-state index in [-0.39, 0.29) is 0 Å². The van der Waals surface area contributed by atoms with Gasteiger partial charge in [0.2, 0.25) is 0 Å². The topological polar surface area (TPSA) is 44.2 Å². The third-order valence-electron chi connectivity index (χ3n) is 3.08. The number of halogens is 1. The van der Waals surface area contributed by atoms with Crippen molar-refractivity contribution in [2.24, 2.45) is 0 Å². The van der Waals surface area contributed by atoms with Gasteiger partial charge in [-0.2, -0.15) is 0 Å². The lowest BCUT2D eigenvalue weighted by Crippen LogP contribution is -2.08. The van der Waals surface area contributed by atoms with Gasteiger partial charge in [-0.1, -0.05) is 41.9 Å². The van der Waals surface area contributed by atoms with E-state index in [1.165, 1.54) is 0 Å². The Balaban J connectivity index is 2.12. The van der Waals surface area contributed by atoms with E-state index in [4.69, 9.17) is 21.1 Å². The molecule has 2 aromatic rings. The highest BCUT2D eigenvalue weighted by Crippen LogP contribution is 2.25. The number of nitrogens with zero attached hydrogens (tertiary/aromatic N) is 2. The van der Waals surface area contributed by atoms with E-state index < -0.39 is 0 Å². The summed E-state index contributed by atoms with van der Waals surface area (Å²) in [6, 6.07) is 9.98. The average molecular weight is 307 g/mol. The minimum atomic E-state index is 0.496. The van der Waals surface area contributed by atoms with Gasteiger partial charge in [0.15, 0.2) is 0 Å². The number of hydrogen-bond acceptors (Lipinski definition) is 4. The van der Waals surface area contributed by atoms with Crippen molar-refractivity contribution in [1.82, 2.24) is 9.97 Å². The van der Waals surface area contributed by atoms with Crippen molar-refractivity contribution < 1.29 is 9.47 Å². The van der Waals surface area contributed by atoms with Crippen LogP contribution in [-0.4, -0.2) is 36.9 Å². The van der Waals surface area contributed by atoms with Crippen LogP contribution in [-0.2, 0) is 15.9 Å². The van der Waals surface area contributed by atoms with Crippen LogP contribution in [0.2, 0.25) is 5.15 Å². The Kier molecular flexibility index (Phi) is 6.11. The molecule has 1 aromatic carbocycles. The SMILES string of the molecule is COCCOCCc1nc(Cl)c(C)c(-c2ccccc2)n1. The summed E-state index contributed by atoms with van der Waals surface area (Å²) in [6.45, 7) is 3.65. The molecule has 0 amide bonds. The fraction of sp³-hybridized carbons (Fsp3) is 0.375. The third kappa shape index (κ3) is 4.49. The van der Waals surface area contributed by atoms with E-state index in [1.807, 2.05) is 37.3 Å². The first-order valence-corrected chi connectivity index (χ1v) is 7.25. The predicted octanol–water partition coefficient (Wildman–Crippen LogP) is 3.31. The molecule has 0 aliphatic rings. The van der Waals surface area contributed by atoms with E-state index >= 15 is 0 Å². The van der Waals surface area contributed by atoms with E-state index in [9.17, 15) is 0 Å². The highest BCUT2D eigenvalue weighted by atomic mass is 35.5. The largest absolute Gasteiger partial charge is 0.382 e. The summed E-state index contributed by atoms with van der Waals surface area (Å²) < 4.78 is 10.4. The van der Waals surface area contributed by atoms with Gasteiger partial charge in [-0.05, 0) is 6.92 Å². The second-order valence-electron chi connectivity index (χ2n) is 4.63. The molecule has 2 rings (SSSR count). The zero-order chi connectivity index (χ0) is 15.1. The van der Waals surface area contributed by atoms with Crippen molar-refractivity contribution in [1.29, 1.82) is 0 Å². The van der Waals surface area contributed by atoms with Crippen molar-refractivity contribution in [3.63, 3.8) is 0 Å². The molecule has 0 radical (unpaired) electrons. The van der Waals surface area contributed by atoms with E-state index in [2.05, 4.69) is 9.97 Å². The minimum Gasteiger partial charge on any atom is -0.382 e. The second kappa shape index (κ2) is 8.08. The van der Waals surface area contributed by atoms with Crippen LogP contribution in [0.1, 0.15) is 11.4 Å². The summed E-state index contributed by atoms with van der Waals surface area (Å²) in [7, 11) is 1.65. The van der Waals surface area contributed by atoms with Crippen molar-refractivity contribution >= 4 is 11.6 Å². The molecule has 1 heterocycles. The van der Waals surface area contributed by atoms with Gasteiger partial charge in [0, 0.05) is 24.7 Å². The third-order valence-corrected chi connectivity index (χ3v) is 3.45. The van der Waals surface area contributed by atoms with Gasteiger partial charge in [0.05, 0.1) is 25.5 Å². The van der Waals surface area contributed by atoms with E-state index in [0.29, 0.717) is 37.2 Å². The highest BCUT2D eigenvalue weighted by molar-refractivity contribution is 6.30. The molecular formula is C16H19ClN2O2. The molecule has 0 saturated heterocycles. The molecule has 4 nitrogen and oxygen atoms in total. The Bertz CT molecular complexity index is 576. The van der Waals surface area contributed by atoms with Crippen molar-refractivity contribution in [3.8, 4) is 11.3 Å². The van der Waals surface area contributed by atoms with Crippen LogP contribution >= 0.6 is 11.6 Å². The van der Waals surface area contributed by atoms with Gasteiger partial charge < -0.3 is 9.47 Å². The number of methoxy groups -OCH3 is 1. The predicted molar refractivity (Wildman–Crippen MR) is 83.6 cm³/mol. The average Bonchev–Trinajstić information content (AvgIpc) is 2.51. The van der Waals surface area contributed by atoms with E-state index in [1.54, 1.807) is 7.11 Å². The molecule has 5 heteroatoms. The number of hydrogen-bond donors (Lipinski definition) is 0. The van der Waals surface area contributed by atoms with Crippen LogP contribution in [0.15, 0.2) is 30.3 Å². The fourth-order valence-electron chi connectivity index (χ4n) is 1.93. The Morgan fingerprint density at radius 1 is 1.05 bits per heavy atom. The lowest BCUT2D eigenvalue weighted by atomic mass is 10.1. The van der Waals surface area contributed by atoms with E-state index in [0.717, 1.165) is 16.8 Å². The summed E-state index contributed by atoms with van der Waals surface area (Å²) in [4.78, 5) is 8.93. The molecule has 0 atom stereocenters. The van der Waals surface area contributed by atoms with Crippen molar-refractivity contribution in [2.45, 2.75) is 13.3 Å². The lowest BCUT2D eigenvalue weighted by molar-refractivity contribution is 0.0716. The molecule has 0 saturated carbocycles. The van der Waals surface area contributed by atoms with Crippen LogP contribution in [0.3, 0.4) is 0 Å². The Labute approximate surface area is 130 Å². The number of rotatable bonds is 7. The molecule has 0 fully saturated rings. The Hall–Kier alpha value is -1.49. The maximum Gasteiger partial charge on any atom is 0.136 e. The molecular weight excluding hydrogens is 288 g/mol. The summed E-state index contributed by atoms with van der Waals surface area (Å²) in [5.74, 6) is 0.696. The first kappa shape index (κ1) is 15.9. The normalized spacial score (nSPS) is 10.8. The number of benzene rings is 1. The molecule has 0 N–H and O–H groups in total. The summed E-state index contributed by atoms with van der Waals surface area (Å²) in [5, 5.41) is 0.496. The van der Waals surface area contributed by atoms with Gasteiger partial charge in [0.1, 0.15) is 11.0 Å². The van der Waals surface area contributed by atoms with Crippen LogP contribution in [0, 0.1) is 6.92 Å².